The van der Waals surface area contributed by atoms with Gasteiger partial charge < -0.3 is 20.3 Å². The van der Waals surface area contributed by atoms with E-state index >= 15 is 0 Å². The van der Waals surface area contributed by atoms with E-state index in [9.17, 15) is 13.2 Å². The zero-order valence-electron chi connectivity index (χ0n) is 16.0. The first-order chi connectivity index (χ1) is 15.0. The van der Waals surface area contributed by atoms with E-state index in [-0.39, 0.29) is 11.5 Å². The number of nitrogens with one attached hydrogen (secondary N) is 2. The Morgan fingerprint density at radius 2 is 2.10 bits per heavy atom. The van der Waals surface area contributed by atoms with Crippen molar-refractivity contribution in [3.8, 4) is 5.75 Å². The van der Waals surface area contributed by atoms with E-state index in [2.05, 4.69) is 40.2 Å². The lowest BCUT2D eigenvalue weighted by atomic mass is 9.93. The van der Waals surface area contributed by atoms with Crippen LogP contribution in [0.25, 0.3) is 11.0 Å². The predicted octanol–water partition coefficient (Wildman–Crippen LogP) is 3.50. The quantitative estimate of drug-likeness (QED) is 0.609. The minimum Gasteiger partial charge on any atom is -0.433 e. The van der Waals surface area contributed by atoms with Crippen molar-refractivity contribution in [3.05, 3.63) is 35.5 Å². The van der Waals surface area contributed by atoms with E-state index in [1.165, 1.54) is 12.4 Å². The van der Waals surface area contributed by atoms with Gasteiger partial charge in [-0.25, -0.2) is 24.3 Å². The average Bonchev–Trinajstić information content (AvgIpc) is 2.79. The highest BCUT2D eigenvalue weighted by atomic mass is 35.5. The molecule has 5 heterocycles. The van der Waals surface area contributed by atoms with E-state index in [0.29, 0.717) is 29.1 Å². The molecule has 12 heteroatoms. The summed E-state index contributed by atoms with van der Waals surface area (Å²) in [6.45, 7) is -1.43. The van der Waals surface area contributed by atoms with Crippen molar-refractivity contribution in [1.82, 2.24) is 25.3 Å². The van der Waals surface area contributed by atoms with Crippen LogP contribution >= 0.6 is 11.6 Å². The summed E-state index contributed by atoms with van der Waals surface area (Å²) in [7, 11) is 0. The van der Waals surface area contributed by atoms with Crippen molar-refractivity contribution >= 4 is 40.1 Å². The highest BCUT2D eigenvalue weighted by molar-refractivity contribution is 6.32. The number of fused-ring (bicyclic) bond motifs is 4. The molecule has 3 aliphatic rings. The Bertz CT molecular complexity index is 1130. The maximum Gasteiger partial charge on any atom is 0.387 e. The van der Waals surface area contributed by atoms with Gasteiger partial charge in [0.2, 0.25) is 5.95 Å². The third-order valence-electron chi connectivity index (χ3n) is 5.49. The van der Waals surface area contributed by atoms with Crippen LogP contribution in [0.4, 0.5) is 30.6 Å². The third-order valence-corrected chi connectivity index (χ3v) is 5.84. The summed E-state index contributed by atoms with van der Waals surface area (Å²) in [6.07, 6.45) is 5.08. The largest absolute Gasteiger partial charge is 0.433 e. The van der Waals surface area contributed by atoms with Crippen LogP contribution in [0.1, 0.15) is 12.8 Å². The number of rotatable bonds is 5. The zero-order valence-corrected chi connectivity index (χ0v) is 16.8. The Morgan fingerprint density at radius 3 is 2.81 bits per heavy atom. The smallest absolute Gasteiger partial charge is 0.387 e. The first kappa shape index (κ1) is 20.0. The molecule has 8 nitrogen and oxygen atoms in total. The Balaban J connectivity index is 1.48. The fraction of sp³-hybridized carbons (Fsp3) is 0.368. The number of ether oxygens (including phenoxy) is 1. The zero-order chi connectivity index (χ0) is 21.5. The lowest BCUT2D eigenvalue weighted by Gasteiger charge is -2.45. The van der Waals surface area contributed by atoms with E-state index in [1.807, 2.05) is 0 Å². The summed E-state index contributed by atoms with van der Waals surface area (Å²) in [4.78, 5) is 19.6. The Morgan fingerprint density at radius 1 is 1.23 bits per heavy atom. The summed E-state index contributed by atoms with van der Waals surface area (Å²) in [6, 6.07) is 3.10. The molecule has 0 aliphatic carbocycles. The highest BCUT2D eigenvalue weighted by Crippen LogP contribution is 2.35. The second kappa shape index (κ2) is 7.97. The minimum atomic E-state index is -3.11. The normalized spacial score (nSPS) is 20.5. The van der Waals surface area contributed by atoms with E-state index < -0.39 is 23.2 Å². The van der Waals surface area contributed by atoms with Gasteiger partial charge in [-0.15, -0.1) is 0 Å². The van der Waals surface area contributed by atoms with Gasteiger partial charge in [0.15, 0.2) is 11.6 Å². The van der Waals surface area contributed by atoms with Gasteiger partial charge in [-0.3, -0.25) is 0 Å². The molecule has 162 valence electrons. The summed E-state index contributed by atoms with van der Waals surface area (Å²) >= 11 is 5.85. The van der Waals surface area contributed by atoms with Crippen LogP contribution in [-0.4, -0.2) is 51.7 Å². The minimum absolute atomic E-state index is 0.0620. The van der Waals surface area contributed by atoms with Crippen molar-refractivity contribution in [3.63, 3.8) is 0 Å². The van der Waals surface area contributed by atoms with E-state index in [0.717, 1.165) is 32.0 Å². The Labute approximate surface area is 179 Å². The van der Waals surface area contributed by atoms with Crippen LogP contribution in [0.2, 0.25) is 5.02 Å². The fourth-order valence-electron chi connectivity index (χ4n) is 3.97. The van der Waals surface area contributed by atoms with Crippen LogP contribution in [0.15, 0.2) is 24.7 Å². The molecular weight excluding hydrogens is 435 g/mol. The van der Waals surface area contributed by atoms with Gasteiger partial charge in [0, 0.05) is 25.2 Å². The molecular formula is C19H17ClF3N7O. The summed E-state index contributed by atoms with van der Waals surface area (Å²) in [5.74, 6) is -0.599. The predicted molar refractivity (Wildman–Crippen MR) is 109 cm³/mol. The van der Waals surface area contributed by atoms with E-state index in [4.69, 9.17) is 11.6 Å². The SMILES string of the molecule is Fc1c(Nc2ncnc3cnc(N4C[C@@H]5CC[C@H]4CN5)nc23)ccc(OC(F)F)c1Cl. The molecule has 2 N–H and O–H groups in total. The van der Waals surface area contributed by atoms with Crippen LogP contribution in [0, 0.1) is 5.82 Å². The molecule has 6 rings (SSSR count). The molecule has 0 unspecified atom stereocenters. The van der Waals surface area contributed by atoms with Gasteiger partial charge in [-0.1, -0.05) is 11.6 Å². The van der Waals surface area contributed by atoms with Gasteiger partial charge in [0.05, 0.1) is 11.9 Å². The number of benzene rings is 1. The fourth-order valence-corrected chi connectivity index (χ4v) is 4.18. The molecule has 0 radical (unpaired) electrons. The van der Waals surface area contributed by atoms with Crippen LogP contribution in [0.3, 0.4) is 0 Å². The standard InChI is InChI=1S/C19H17ClF3N7O/c20-14-13(31-18(22)23)4-3-11(15(14)21)28-17-16-12(26-8-27-17)6-25-19(29-16)30-7-9-1-2-10(30)5-24-9/h3-4,6,8-10,18,24H,1-2,5,7H2,(H,26,27,28)/t9-,10-/m0/s1. The first-order valence-corrected chi connectivity index (χ1v) is 10.0. The molecule has 2 bridgehead atoms. The van der Waals surface area contributed by atoms with Gasteiger partial charge >= 0.3 is 6.61 Å². The third kappa shape index (κ3) is 3.79. The van der Waals surface area contributed by atoms with Gasteiger partial charge in [-0.05, 0) is 25.0 Å². The highest BCUT2D eigenvalue weighted by Gasteiger charge is 2.35. The number of halogens is 4. The Kier molecular flexibility index (Phi) is 5.14. The summed E-state index contributed by atoms with van der Waals surface area (Å²) < 4.78 is 43.8. The Hall–Kier alpha value is -2.92. The maximum absolute atomic E-state index is 14.7. The summed E-state index contributed by atoms with van der Waals surface area (Å²) in [5.41, 5.74) is 0.823. The number of anilines is 3. The summed E-state index contributed by atoms with van der Waals surface area (Å²) in [5, 5.41) is 5.75. The van der Waals surface area contributed by atoms with E-state index in [1.54, 1.807) is 6.20 Å². The van der Waals surface area contributed by atoms with Crippen molar-refractivity contribution in [2.24, 2.45) is 0 Å². The molecule has 3 saturated heterocycles. The van der Waals surface area contributed by atoms with Gasteiger partial charge in [-0.2, -0.15) is 8.78 Å². The second-order valence-electron chi connectivity index (χ2n) is 7.36. The topological polar surface area (TPSA) is 88.1 Å². The van der Waals surface area contributed by atoms with Crippen molar-refractivity contribution in [2.45, 2.75) is 31.5 Å². The lowest BCUT2D eigenvalue weighted by Crippen LogP contribution is -2.61. The number of piperazine rings is 1. The molecule has 0 amide bonds. The lowest BCUT2D eigenvalue weighted by molar-refractivity contribution is -0.0499. The maximum atomic E-state index is 14.7. The van der Waals surface area contributed by atoms with Crippen LogP contribution < -0.4 is 20.3 Å². The first-order valence-electron chi connectivity index (χ1n) is 9.67. The van der Waals surface area contributed by atoms with Crippen molar-refractivity contribution in [1.29, 1.82) is 0 Å². The molecule has 1 aromatic carbocycles. The number of nitrogens with zero attached hydrogens (tertiary/aromatic N) is 5. The molecule has 3 aromatic rings. The molecule has 0 spiro atoms. The molecule has 2 aromatic heterocycles. The average molecular weight is 452 g/mol. The molecule has 31 heavy (non-hydrogen) atoms. The van der Waals surface area contributed by atoms with Crippen molar-refractivity contribution in [2.75, 3.05) is 23.3 Å². The molecule has 3 fully saturated rings. The van der Waals surface area contributed by atoms with Crippen LogP contribution in [-0.2, 0) is 0 Å². The molecule has 2 atom stereocenters. The molecule has 0 saturated carbocycles. The number of piperidine rings is 2. The van der Waals surface area contributed by atoms with Gasteiger partial charge in [0.1, 0.15) is 28.1 Å². The van der Waals surface area contributed by atoms with Gasteiger partial charge in [0.25, 0.3) is 0 Å². The monoisotopic (exact) mass is 451 g/mol. The number of hydrogen-bond donors (Lipinski definition) is 2. The number of aromatic nitrogens is 4. The number of hydrogen-bond acceptors (Lipinski definition) is 8. The number of alkyl halides is 2. The molecule has 3 aliphatic heterocycles. The second-order valence-corrected chi connectivity index (χ2v) is 7.74. The van der Waals surface area contributed by atoms with Crippen molar-refractivity contribution < 1.29 is 17.9 Å². The van der Waals surface area contributed by atoms with Crippen LogP contribution in [0.5, 0.6) is 5.75 Å².